The Morgan fingerprint density at radius 2 is 0.868 bits per heavy atom. The number of methoxy groups -OCH3 is 1. The molecule has 0 amide bonds. The van der Waals surface area contributed by atoms with Gasteiger partial charge in [0.15, 0.2) is 0 Å². The van der Waals surface area contributed by atoms with Crippen LogP contribution in [-0.2, 0) is 25.3 Å². The molecule has 0 spiro atoms. The average molecular weight is 812 g/mol. The fourth-order valence-electron chi connectivity index (χ4n) is 2.51. The first kappa shape index (κ1) is 30.9. The zero-order valence-corrected chi connectivity index (χ0v) is 24.7. The SMILES string of the molecule is COc1ccc(I(OS(=O)(=O)C(F)(F)F)c2ccc(I(OS(=O)(=O)C(F)(F)F)c3ccccc3)cc2)cc1. The number of benzene rings is 3. The first-order chi connectivity index (χ1) is 17.6. The van der Waals surface area contributed by atoms with Crippen LogP contribution in [0.25, 0.3) is 0 Å². The van der Waals surface area contributed by atoms with E-state index in [-0.39, 0.29) is 14.3 Å². The predicted octanol–water partition coefficient (Wildman–Crippen LogP) is 6.35. The molecule has 0 aromatic heterocycles. The summed E-state index contributed by atoms with van der Waals surface area (Å²) in [5, 5.41) is 0. The fraction of sp³-hybridized carbons (Fsp3) is 0.143. The summed E-state index contributed by atoms with van der Waals surface area (Å²) in [5.74, 6) is 0.346. The van der Waals surface area contributed by atoms with E-state index in [9.17, 15) is 43.2 Å². The zero-order valence-electron chi connectivity index (χ0n) is 18.7. The van der Waals surface area contributed by atoms with E-state index in [2.05, 4.69) is 5.03 Å². The van der Waals surface area contributed by atoms with Crippen LogP contribution in [0.3, 0.4) is 0 Å². The van der Waals surface area contributed by atoms with Crippen LogP contribution < -0.4 is 4.74 Å². The molecule has 0 aliphatic carbocycles. The van der Waals surface area contributed by atoms with Crippen LogP contribution in [0.2, 0.25) is 0 Å². The van der Waals surface area contributed by atoms with E-state index in [4.69, 9.17) is 4.74 Å². The summed E-state index contributed by atoms with van der Waals surface area (Å²) in [7, 11) is -10.6. The van der Waals surface area contributed by atoms with E-state index in [0.717, 1.165) is 0 Å². The van der Waals surface area contributed by atoms with Crippen LogP contribution in [0, 0.1) is 14.3 Å². The Balaban J connectivity index is 2.06. The molecule has 0 atom stereocenters. The van der Waals surface area contributed by atoms with Crippen LogP contribution in [0.4, 0.5) is 26.3 Å². The molecule has 3 rings (SSSR count). The monoisotopic (exact) mass is 812 g/mol. The fourth-order valence-corrected chi connectivity index (χ4v) is 15.4. The van der Waals surface area contributed by atoms with Crippen molar-refractivity contribution in [3.63, 3.8) is 0 Å². The van der Waals surface area contributed by atoms with Gasteiger partial charge in [-0.05, 0) is 0 Å². The quantitative estimate of drug-likeness (QED) is 0.141. The number of alkyl halides is 6. The van der Waals surface area contributed by atoms with Gasteiger partial charge in [0.1, 0.15) is 0 Å². The molecule has 17 heteroatoms. The van der Waals surface area contributed by atoms with Crippen molar-refractivity contribution in [2.75, 3.05) is 7.11 Å². The molecule has 0 unspecified atom stereocenters. The van der Waals surface area contributed by atoms with Gasteiger partial charge in [-0.15, -0.1) is 0 Å². The van der Waals surface area contributed by atoms with Gasteiger partial charge in [0.05, 0.1) is 0 Å². The normalized spacial score (nSPS) is 13.7. The Morgan fingerprint density at radius 3 is 1.18 bits per heavy atom. The van der Waals surface area contributed by atoms with Crippen molar-refractivity contribution in [1.82, 2.24) is 0 Å². The van der Waals surface area contributed by atoms with Gasteiger partial charge < -0.3 is 0 Å². The van der Waals surface area contributed by atoms with Crippen LogP contribution in [0.15, 0.2) is 78.9 Å². The van der Waals surface area contributed by atoms with Gasteiger partial charge in [0.25, 0.3) is 0 Å². The number of hydrogen-bond donors (Lipinski definition) is 0. The molecule has 3 aromatic carbocycles. The minimum atomic E-state index is -6.00. The molecule has 0 aliphatic heterocycles. The molecule has 0 fully saturated rings. The Kier molecular flexibility index (Phi) is 9.60. The Bertz CT molecular complexity index is 1450. The second-order valence-corrected chi connectivity index (χ2v) is 19.8. The van der Waals surface area contributed by atoms with Gasteiger partial charge in [0, 0.05) is 0 Å². The van der Waals surface area contributed by atoms with E-state index in [1.165, 1.54) is 79.9 Å². The minimum absolute atomic E-state index is 0.0403. The molecule has 0 aliphatic rings. The molecule has 0 saturated carbocycles. The molecule has 3 aromatic rings. The third-order valence-electron chi connectivity index (χ3n) is 4.24. The van der Waals surface area contributed by atoms with Crippen LogP contribution >= 0.6 is 40.5 Å². The summed E-state index contributed by atoms with van der Waals surface area (Å²) >= 11 is -7.57. The third-order valence-corrected chi connectivity index (χ3v) is 18.4. The van der Waals surface area contributed by atoms with Crippen molar-refractivity contribution >= 4 is 60.7 Å². The second kappa shape index (κ2) is 11.8. The Hall–Kier alpha value is -1.68. The Labute approximate surface area is 229 Å². The van der Waals surface area contributed by atoms with Gasteiger partial charge in [0.2, 0.25) is 0 Å². The Morgan fingerprint density at radius 1 is 0.553 bits per heavy atom. The molecule has 0 heterocycles. The molecule has 0 bridgehead atoms. The maximum absolute atomic E-state index is 13.1. The molecule has 0 N–H and O–H groups in total. The van der Waals surface area contributed by atoms with Crippen molar-refractivity contribution in [3.8, 4) is 5.75 Å². The second-order valence-electron chi connectivity index (χ2n) is 6.81. The van der Waals surface area contributed by atoms with Crippen LogP contribution in [0.1, 0.15) is 0 Å². The average Bonchev–Trinajstić information content (AvgIpc) is 2.85. The van der Waals surface area contributed by atoms with Gasteiger partial charge >= 0.3 is 231 Å². The van der Waals surface area contributed by atoms with Crippen molar-refractivity contribution < 1.29 is 52.9 Å². The molecule has 0 radical (unpaired) electrons. The summed E-state index contributed by atoms with van der Waals surface area (Å²) in [5.41, 5.74) is -11.4. The molecular weight excluding hydrogens is 796 g/mol. The molecular formula is C21H16F6I2O7S2. The number of rotatable bonds is 9. The molecule has 7 nitrogen and oxygen atoms in total. The topological polar surface area (TPSA) is 96.0 Å². The van der Waals surface area contributed by atoms with Gasteiger partial charge in [-0.1, -0.05) is 0 Å². The first-order valence-electron chi connectivity index (χ1n) is 9.77. The summed E-state index contributed by atoms with van der Waals surface area (Å²) in [6, 6.07) is 17.5. The summed E-state index contributed by atoms with van der Waals surface area (Å²) < 4.78 is 140. The number of ether oxygens (including phenoxy) is 1. The van der Waals surface area contributed by atoms with E-state index in [1.807, 2.05) is 0 Å². The van der Waals surface area contributed by atoms with Crippen LogP contribution in [0.5, 0.6) is 5.75 Å². The molecule has 0 saturated heterocycles. The maximum atomic E-state index is 13.1. The van der Waals surface area contributed by atoms with Gasteiger partial charge in [-0.2, -0.15) is 0 Å². The van der Waals surface area contributed by atoms with Gasteiger partial charge in [-0.25, -0.2) is 0 Å². The summed E-state index contributed by atoms with van der Waals surface area (Å²) in [6.07, 6.45) is 0. The van der Waals surface area contributed by atoms with E-state index in [1.54, 1.807) is 6.07 Å². The standard InChI is InChI=1S/C21H16F6I2O7S2/c1-34-19-13-11-18(12-14-19)29(36-38(32,33)21(25,26)27)17-9-7-16(8-10-17)28(15-5-3-2-4-6-15)35-37(30,31)20(22,23)24/h2-14H,1H3. The molecule has 38 heavy (non-hydrogen) atoms. The van der Waals surface area contributed by atoms with Gasteiger partial charge in [-0.3, -0.25) is 0 Å². The van der Waals surface area contributed by atoms with Crippen molar-refractivity contribution in [2.45, 2.75) is 11.0 Å². The van der Waals surface area contributed by atoms with Crippen molar-refractivity contribution in [1.29, 1.82) is 0 Å². The van der Waals surface area contributed by atoms with Crippen molar-refractivity contribution in [3.05, 3.63) is 93.1 Å². The predicted molar refractivity (Wildman–Crippen MR) is 141 cm³/mol. The number of hydrogen-bond acceptors (Lipinski definition) is 7. The number of halogens is 8. The van der Waals surface area contributed by atoms with Crippen molar-refractivity contribution in [2.24, 2.45) is 0 Å². The summed E-state index contributed by atoms with van der Waals surface area (Å²) in [6.45, 7) is 0. The first-order valence-corrected chi connectivity index (χ1v) is 18.7. The van der Waals surface area contributed by atoms with E-state index >= 15 is 0 Å². The summed E-state index contributed by atoms with van der Waals surface area (Å²) in [4.78, 5) is 0. The van der Waals surface area contributed by atoms with E-state index < -0.39 is 71.7 Å². The van der Waals surface area contributed by atoms with Crippen LogP contribution in [-0.4, -0.2) is 35.0 Å². The zero-order chi connectivity index (χ0) is 28.4. The van der Waals surface area contributed by atoms with E-state index in [0.29, 0.717) is 5.75 Å². The molecule has 210 valence electrons. The third kappa shape index (κ3) is 7.29.